The van der Waals surface area contributed by atoms with E-state index in [9.17, 15) is 5.26 Å². The van der Waals surface area contributed by atoms with E-state index in [0.29, 0.717) is 17.2 Å². The normalized spacial score (nSPS) is 14.1. The van der Waals surface area contributed by atoms with Crippen LogP contribution >= 0.6 is 11.6 Å². The van der Waals surface area contributed by atoms with E-state index < -0.39 is 0 Å². The Kier molecular flexibility index (Phi) is 6.83. The van der Waals surface area contributed by atoms with Gasteiger partial charge in [0.05, 0.1) is 17.3 Å². The highest BCUT2D eigenvalue weighted by molar-refractivity contribution is 6.31. The standard InChI is InChI=1S/C26H28ClN5O/c1-18-19(16-28)14-21(15-24(18)27)26(2,3)20-4-6-23(7-5-20)33-17-22-8-9-30-25(31-22)32-12-10-29-11-13-32/h4-9,14-15,29H,10-13,17H2,1-3H3. The third kappa shape index (κ3) is 5.11. The van der Waals surface area contributed by atoms with Gasteiger partial charge in [0.2, 0.25) is 5.95 Å². The van der Waals surface area contributed by atoms with E-state index in [2.05, 4.69) is 52.2 Å². The fraction of sp³-hybridized carbons (Fsp3) is 0.346. The monoisotopic (exact) mass is 461 g/mol. The molecule has 1 aromatic heterocycles. The molecule has 1 N–H and O–H groups in total. The lowest BCUT2D eigenvalue weighted by Gasteiger charge is -2.27. The fourth-order valence-electron chi connectivity index (χ4n) is 3.93. The summed E-state index contributed by atoms with van der Waals surface area (Å²) < 4.78 is 5.99. The summed E-state index contributed by atoms with van der Waals surface area (Å²) in [5.41, 5.74) is 4.07. The van der Waals surface area contributed by atoms with Crippen molar-refractivity contribution >= 4 is 17.5 Å². The zero-order chi connectivity index (χ0) is 23.4. The number of halogens is 1. The lowest BCUT2D eigenvalue weighted by Crippen LogP contribution is -2.44. The summed E-state index contributed by atoms with van der Waals surface area (Å²) >= 11 is 6.39. The predicted octanol–water partition coefficient (Wildman–Crippen LogP) is 4.62. The number of benzene rings is 2. The number of nitrogens with one attached hydrogen (secondary N) is 1. The molecule has 0 unspecified atom stereocenters. The van der Waals surface area contributed by atoms with Crippen LogP contribution in [-0.4, -0.2) is 36.1 Å². The first kappa shape index (κ1) is 23.0. The molecular formula is C26H28ClN5O. The first-order valence-corrected chi connectivity index (χ1v) is 11.5. The summed E-state index contributed by atoms with van der Waals surface area (Å²) in [7, 11) is 0. The lowest BCUT2D eigenvalue weighted by molar-refractivity contribution is 0.301. The Bertz CT molecular complexity index is 1160. The third-order valence-corrected chi connectivity index (χ3v) is 6.64. The number of rotatable bonds is 6. The van der Waals surface area contributed by atoms with E-state index in [0.717, 1.165) is 60.3 Å². The minimum absolute atomic E-state index is 0.313. The molecule has 0 saturated carbocycles. The van der Waals surface area contributed by atoms with Crippen LogP contribution in [-0.2, 0) is 12.0 Å². The van der Waals surface area contributed by atoms with E-state index in [1.165, 1.54) is 0 Å². The smallest absolute Gasteiger partial charge is 0.225 e. The summed E-state index contributed by atoms with van der Waals surface area (Å²) in [5, 5.41) is 13.4. The molecule has 0 aliphatic carbocycles. The van der Waals surface area contributed by atoms with E-state index >= 15 is 0 Å². The molecular weight excluding hydrogens is 434 g/mol. The second kappa shape index (κ2) is 9.78. The Hall–Kier alpha value is -3.14. The molecule has 1 aliphatic rings. The molecule has 1 aliphatic heterocycles. The van der Waals surface area contributed by atoms with Crippen LogP contribution in [0.4, 0.5) is 5.95 Å². The zero-order valence-corrected chi connectivity index (χ0v) is 20.0. The van der Waals surface area contributed by atoms with Crippen LogP contribution in [0.2, 0.25) is 5.02 Å². The van der Waals surface area contributed by atoms with Crippen LogP contribution in [0.15, 0.2) is 48.7 Å². The summed E-state index contributed by atoms with van der Waals surface area (Å²) in [6, 6.07) is 16.1. The first-order chi connectivity index (χ1) is 15.9. The lowest BCUT2D eigenvalue weighted by atomic mass is 9.77. The van der Waals surface area contributed by atoms with Gasteiger partial charge in [-0.25, -0.2) is 9.97 Å². The van der Waals surface area contributed by atoms with Crippen LogP contribution in [0.3, 0.4) is 0 Å². The number of aromatic nitrogens is 2. The second-order valence-corrected chi connectivity index (χ2v) is 9.17. The van der Waals surface area contributed by atoms with Crippen LogP contribution in [0.5, 0.6) is 5.75 Å². The Morgan fingerprint density at radius 2 is 1.85 bits per heavy atom. The molecule has 0 atom stereocenters. The van der Waals surface area contributed by atoms with Crippen molar-refractivity contribution in [1.82, 2.24) is 15.3 Å². The van der Waals surface area contributed by atoms with Crippen LogP contribution in [0.25, 0.3) is 0 Å². The van der Waals surface area contributed by atoms with Crippen molar-refractivity contribution in [1.29, 1.82) is 5.26 Å². The minimum atomic E-state index is -0.313. The molecule has 0 bridgehead atoms. The molecule has 0 amide bonds. The number of piperazine rings is 1. The van der Waals surface area contributed by atoms with Gasteiger partial charge in [-0.05, 0) is 53.9 Å². The predicted molar refractivity (Wildman–Crippen MR) is 131 cm³/mol. The maximum atomic E-state index is 9.44. The van der Waals surface area contributed by atoms with Gasteiger partial charge < -0.3 is 15.0 Å². The molecule has 0 radical (unpaired) electrons. The Morgan fingerprint density at radius 3 is 2.55 bits per heavy atom. The molecule has 33 heavy (non-hydrogen) atoms. The fourth-order valence-corrected chi connectivity index (χ4v) is 4.15. The topological polar surface area (TPSA) is 74.1 Å². The number of nitrogens with zero attached hydrogens (tertiary/aromatic N) is 4. The summed E-state index contributed by atoms with van der Waals surface area (Å²) in [6.07, 6.45) is 1.79. The molecule has 3 aromatic rings. The van der Waals surface area contributed by atoms with Crippen LogP contribution < -0.4 is 15.0 Å². The molecule has 4 rings (SSSR count). The number of hydrogen-bond donors (Lipinski definition) is 1. The molecule has 7 heteroatoms. The van der Waals surface area contributed by atoms with E-state index in [1.807, 2.05) is 37.3 Å². The zero-order valence-electron chi connectivity index (χ0n) is 19.2. The molecule has 170 valence electrons. The van der Waals surface area contributed by atoms with Gasteiger partial charge in [0, 0.05) is 42.8 Å². The van der Waals surface area contributed by atoms with Crippen LogP contribution in [0, 0.1) is 18.3 Å². The molecule has 1 fully saturated rings. The highest BCUT2D eigenvalue weighted by atomic mass is 35.5. The van der Waals surface area contributed by atoms with E-state index in [1.54, 1.807) is 6.20 Å². The summed E-state index contributed by atoms with van der Waals surface area (Å²) in [5.74, 6) is 1.53. The van der Waals surface area contributed by atoms with Gasteiger partial charge in [0.25, 0.3) is 0 Å². The van der Waals surface area contributed by atoms with Crippen molar-refractivity contribution in [2.75, 3.05) is 31.1 Å². The van der Waals surface area contributed by atoms with Crippen molar-refractivity contribution in [3.05, 3.63) is 81.6 Å². The summed E-state index contributed by atoms with van der Waals surface area (Å²) in [4.78, 5) is 11.3. The molecule has 6 nitrogen and oxygen atoms in total. The van der Waals surface area contributed by atoms with Gasteiger partial charge in [-0.15, -0.1) is 0 Å². The van der Waals surface area contributed by atoms with Gasteiger partial charge >= 0.3 is 0 Å². The Labute approximate surface area is 200 Å². The highest BCUT2D eigenvalue weighted by Gasteiger charge is 2.25. The average Bonchev–Trinajstić information content (AvgIpc) is 2.85. The second-order valence-electron chi connectivity index (χ2n) is 8.77. The third-order valence-electron chi connectivity index (χ3n) is 6.25. The first-order valence-electron chi connectivity index (χ1n) is 11.1. The minimum Gasteiger partial charge on any atom is -0.487 e. The number of hydrogen-bond acceptors (Lipinski definition) is 6. The summed E-state index contributed by atoms with van der Waals surface area (Å²) in [6.45, 7) is 10.2. The van der Waals surface area contributed by atoms with Gasteiger partial charge in [-0.3, -0.25) is 0 Å². The van der Waals surface area contributed by atoms with Crippen molar-refractivity contribution in [2.45, 2.75) is 32.8 Å². The molecule has 2 heterocycles. The maximum Gasteiger partial charge on any atom is 0.225 e. The van der Waals surface area contributed by atoms with Crippen molar-refractivity contribution in [3.63, 3.8) is 0 Å². The molecule has 1 saturated heterocycles. The maximum absolute atomic E-state index is 9.44. The van der Waals surface area contributed by atoms with Crippen molar-refractivity contribution in [3.8, 4) is 11.8 Å². The largest absolute Gasteiger partial charge is 0.487 e. The Morgan fingerprint density at radius 1 is 1.12 bits per heavy atom. The number of anilines is 1. The van der Waals surface area contributed by atoms with E-state index in [4.69, 9.17) is 16.3 Å². The Balaban J connectivity index is 1.46. The van der Waals surface area contributed by atoms with Crippen LogP contribution in [0.1, 0.15) is 41.8 Å². The highest BCUT2D eigenvalue weighted by Crippen LogP contribution is 2.35. The molecule has 0 spiro atoms. The van der Waals surface area contributed by atoms with Crippen molar-refractivity contribution in [2.24, 2.45) is 0 Å². The average molecular weight is 462 g/mol. The van der Waals surface area contributed by atoms with Gasteiger partial charge in [-0.2, -0.15) is 5.26 Å². The van der Waals surface area contributed by atoms with Gasteiger partial charge in [0.15, 0.2) is 0 Å². The van der Waals surface area contributed by atoms with Gasteiger partial charge in [-0.1, -0.05) is 37.6 Å². The van der Waals surface area contributed by atoms with Crippen molar-refractivity contribution < 1.29 is 4.74 Å². The van der Waals surface area contributed by atoms with Gasteiger partial charge in [0.1, 0.15) is 12.4 Å². The van der Waals surface area contributed by atoms with E-state index in [-0.39, 0.29) is 5.41 Å². The number of ether oxygens (including phenoxy) is 1. The quantitative estimate of drug-likeness (QED) is 0.577. The SMILES string of the molecule is Cc1c(Cl)cc(C(C)(C)c2ccc(OCc3ccnc(N4CCNCC4)n3)cc2)cc1C#N. The number of nitriles is 1. The molecule has 2 aromatic carbocycles.